The fourth-order valence-corrected chi connectivity index (χ4v) is 3.31. The van der Waals surface area contributed by atoms with Gasteiger partial charge in [0, 0.05) is 6.42 Å². The molecular weight excluding hydrogens is 297 g/mol. The van der Waals surface area contributed by atoms with Gasteiger partial charge in [0.2, 0.25) is 15.9 Å². The van der Waals surface area contributed by atoms with E-state index in [0.717, 1.165) is 12.1 Å². The molecule has 9 heteroatoms. The van der Waals surface area contributed by atoms with E-state index in [1.807, 2.05) is 0 Å². The molecular formula is C11H7F3N2O3S. The molecule has 5 nitrogen and oxygen atoms in total. The Morgan fingerprint density at radius 2 is 1.95 bits per heavy atom. The van der Waals surface area contributed by atoms with Gasteiger partial charge in [-0.05, 0) is 18.2 Å². The number of benzene rings is 1. The van der Waals surface area contributed by atoms with Gasteiger partial charge in [-0.15, -0.1) is 0 Å². The van der Waals surface area contributed by atoms with E-state index in [1.165, 1.54) is 6.07 Å². The van der Waals surface area contributed by atoms with Gasteiger partial charge >= 0.3 is 6.18 Å². The van der Waals surface area contributed by atoms with Crippen molar-refractivity contribution in [3.8, 4) is 6.07 Å². The summed E-state index contributed by atoms with van der Waals surface area (Å²) in [7, 11) is -3.94. The molecule has 1 saturated heterocycles. The fourth-order valence-electron chi connectivity index (χ4n) is 1.86. The van der Waals surface area contributed by atoms with Crippen LogP contribution in [0.2, 0.25) is 0 Å². The maximum absolute atomic E-state index is 12.8. The van der Waals surface area contributed by atoms with Crippen molar-refractivity contribution in [1.29, 1.82) is 5.26 Å². The fraction of sp³-hybridized carbons (Fsp3) is 0.273. The molecule has 1 aromatic rings. The Kier molecular flexibility index (Phi) is 3.21. The van der Waals surface area contributed by atoms with Crippen LogP contribution in [0.4, 0.5) is 18.9 Å². The third kappa shape index (κ3) is 2.34. The second kappa shape index (κ2) is 4.49. The Labute approximate surface area is 112 Å². The minimum Gasteiger partial charge on any atom is -0.273 e. The molecule has 0 saturated carbocycles. The number of nitrogens with zero attached hydrogens (tertiary/aromatic N) is 2. The molecule has 2 rings (SSSR count). The first kappa shape index (κ1) is 14.3. The van der Waals surface area contributed by atoms with Crippen molar-refractivity contribution in [1.82, 2.24) is 0 Å². The molecule has 0 bridgehead atoms. The second-order valence-electron chi connectivity index (χ2n) is 4.06. The molecule has 0 atom stereocenters. The van der Waals surface area contributed by atoms with Gasteiger partial charge in [-0.25, -0.2) is 12.7 Å². The zero-order valence-corrected chi connectivity index (χ0v) is 10.6. The van der Waals surface area contributed by atoms with Gasteiger partial charge in [-0.3, -0.25) is 4.79 Å². The lowest BCUT2D eigenvalue weighted by Gasteiger charge is -2.17. The molecule has 0 aliphatic carbocycles. The van der Waals surface area contributed by atoms with E-state index in [-0.39, 0.29) is 6.42 Å². The number of anilines is 1. The van der Waals surface area contributed by atoms with E-state index in [1.54, 1.807) is 0 Å². The predicted molar refractivity (Wildman–Crippen MR) is 62.0 cm³/mol. The quantitative estimate of drug-likeness (QED) is 0.790. The smallest absolute Gasteiger partial charge is 0.273 e. The normalized spacial score (nSPS) is 18.1. The van der Waals surface area contributed by atoms with Crippen LogP contribution in [0.25, 0.3) is 0 Å². The minimum atomic E-state index is -4.81. The number of alkyl halides is 3. The van der Waals surface area contributed by atoms with E-state index >= 15 is 0 Å². The van der Waals surface area contributed by atoms with Crippen LogP contribution in [0.15, 0.2) is 18.2 Å². The highest BCUT2D eigenvalue weighted by Crippen LogP contribution is 2.36. The molecule has 1 aliphatic rings. The average Bonchev–Trinajstić information content (AvgIpc) is 2.62. The summed E-state index contributed by atoms with van der Waals surface area (Å²) in [5.74, 6) is -1.23. The molecule has 1 aromatic carbocycles. The molecule has 1 amide bonds. The van der Waals surface area contributed by atoms with E-state index in [0.29, 0.717) is 10.4 Å². The summed E-state index contributed by atoms with van der Waals surface area (Å²) in [6.07, 6.45) is -5.09. The summed E-state index contributed by atoms with van der Waals surface area (Å²) in [4.78, 5) is 11.5. The van der Waals surface area contributed by atoms with Gasteiger partial charge in [0.1, 0.15) is 0 Å². The first-order chi connectivity index (χ1) is 9.16. The molecule has 1 aliphatic heterocycles. The van der Waals surface area contributed by atoms with Crippen LogP contribution < -0.4 is 4.31 Å². The number of carbonyl (C=O) groups excluding carboxylic acids is 1. The lowest BCUT2D eigenvalue weighted by atomic mass is 10.1. The zero-order chi connectivity index (χ0) is 15.1. The maximum atomic E-state index is 12.8. The summed E-state index contributed by atoms with van der Waals surface area (Å²) < 4.78 is 62.0. The molecule has 0 aromatic heterocycles. The summed E-state index contributed by atoms with van der Waals surface area (Å²) in [5, 5.41) is 8.64. The Morgan fingerprint density at radius 3 is 2.40 bits per heavy atom. The summed E-state index contributed by atoms with van der Waals surface area (Å²) in [6, 6.07) is 3.73. The number of hydrogen-bond donors (Lipinski definition) is 0. The van der Waals surface area contributed by atoms with Gasteiger partial charge in [-0.1, -0.05) is 0 Å². The van der Waals surface area contributed by atoms with Gasteiger partial charge in [0.25, 0.3) is 0 Å². The SMILES string of the molecule is N#Cc1ccc(N2C(=O)CCS2(=O)=O)cc1C(F)(F)F. The number of hydrogen-bond acceptors (Lipinski definition) is 4. The van der Waals surface area contributed by atoms with E-state index < -0.39 is 44.7 Å². The van der Waals surface area contributed by atoms with Gasteiger partial charge in [-0.2, -0.15) is 18.4 Å². The topological polar surface area (TPSA) is 78.2 Å². The number of carbonyl (C=O) groups is 1. The molecule has 1 fully saturated rings. The first-order valence-electron chi connectivity index (χ1n) is 5.34. The standard InChI is InChI=1S/C11H7F3N2O3S/c12-11(13,14)9-5-8(2-1-7(9)6-15)16-10(17)3-4-20(16,18)19/h1-2,5H,3-4H2. The molecule has 0 spiro atoms. The molecule has 0 N–H and O–H groups in total. The molecule has 1 heterocycles. The number of sulfonamides is 1. The Hall–Kier alpha value is -2.08. The van der Waals surface area contributed by atoms with Crippen molar-refractivity contribution in [3.05, 3.63) is 29.3 Å². The van der Waals surface area contributed by atoms with Crippen LogP contribution in [-0.4, -0.2) is 20.1 Å². The number of amides is 1. The summed E-state index contributed by atoms with van der Waals surface area (Å²) >= 11 is 0. The zero-order valence-electron chi connectivity index (χ0n) is 9.81. The number of nitriles is 1. The lowest BCUT2D eigenvalue weighted by Crippen LogP contribution is -2.29. The van der Waals surface area contributed by atoms with Crippen molar-refractivity contribution >= 4 is 21.6 Å². The Balaban J connectivity index is 2.61. The van der Waals surface area contributed by atoms with Crippen molar-refractivity contribution < 1.29 is 26.4 Å². The van der Waals surface area contributed by atoms with Crippen molar-refractivity contribution in [2.45, 2.75) is 12.6 Å². The molecule has 106 valence electrons. The van der Waals surface area contributed by atoms with Crippen LogP contribution in [0.5, 0.6) is 0 Å². The van der Waals surface area contributed by atoms with E-state index in [4.69, 9.17) is 5.26 Å². The molecule has 0 unspecified atom stereocenters. The summed E-state index contributed by atoms with van der Waals surface area (Å²) in [5.41, 5.74) is -2.31. The Morgan fingerprint density at radius 1 is 1.30 bits per heavy atom. The van der Waals surface area contributed by atoms with Crippen molar-refractivity contribution in [2.24, 2.45) is 0 Å². The van der Waals surface area contributed by atoms with Crippen LogP contribution in [-0.2, 0) is 21.0 Å². The molecule has 0 radical (unpaired) electrons. The highest BCUT2D eigenvalue weighted by atomic mass is 32.2. The third-order valence-corrected chi connectivity index (χ3v) is 4.43. The lowest BCUT2D eigenvalue weighted by molar-refractivity contribution is -0.137. The highest BCUT2D eigenvalue weighted by molar-refractivity contribution is 7.94. The largest absolute Gasteiger partial charge is 0.417 e. The maximum Gasteiger partial charge on any atom is 0.417 e. The number of rotatable bonds is 1. The van der Waals surface area contributed by atoms with E-state index in [9.17, 15) is 26.4 Å². The minimum absolute atomic E-state index is 0.274. The van der Waals surface area contributed by atoms with E-state index in [2.05, 4.69) is 0 Å². The monoisotopic (exact) mass is 304 g/mol. The molecule has 20 heavy (non-hydrogen) atoms. The van der Waals surface area contributed by atoms with Crippen LogP contribution in [0, 0.1) is 11.3 Å². The summed E-state index contributed by atoms with van der Waals surface area (Å²) in [6.45, 7) is 0. The van der Waals surface area contributed by atoms with Crippen LogP contribution in [0.1, 0.15) is 17.5 Å². The second-order valence-corrected chi connectivity index (χ2v) is 6.00. The van der Waals surface area contributed by atoms with Gasteiger partial charge < -0.3 is 0 Å². The first-order valence-corrected chi connectivity index (χ1v) is 6.95. The van der Waals surface area contributed by atoms with Gasteiger partial charge in [0.15, 0.2) is 0 Å². The van der Waals surface area contributed by atoms with Crippen LogP contribution in [0.3, 0.4) is 0 Å². The predicted octanol–water partition coefficient (Wildman–Crippen LogP) is 1.64. The highest BCUT2D eigenvalue weighted by Gasteiger charge is 2.39. The van der Waals surface area contributed by atoms with Crippen LogP contribution >= 0.6 is 0 Å². The number of halogens is 3. The van der Waals surface area contributed by atoms with Crippen molar-refractivity contribution in [3.63, 3.8) is 0 Å². The van der Waals surface area contributed by atoms with Crippen molar-refractivity contribution in [2.75, 3.05) is 10.1 Å². The third-order valence-electron chi connectivity index (χ3n) is 2.74. The average molecular weight is 304 g/mol. The van der Waals surface area contributed by atoms with Gasteiger partial charge in [0.05, 0.1) is 28.6 Å². The Bertz CT molecular complexity index is 719.